The molecule has 23 heavy (non-hydrogen) atoms. The van der Waals surface area contributed by atoms with Crippen molar-refractivity contribution in [2.75, 3.05) is 13.7 Å². The highest BCUT2D eigenvalue weighted by atomic mass is 16.5. The normalized spacial score (nSPS) is 11.9. The molecule has 1 aromatic carbocycles. The fourth-order valence-electron chi connectivity index (χ4n) is 1.85. The number of nitrogens with zero attached hydrogens (tertiary/aromatic N) is 2. The summed E-state index contributed by atoms with van der Waals surface area (Å²) in [6.07, 6.45) is -0.671. The molecule has 1 atom stereocenters. The van der Waals surface area contributed by atoms with E-state index in [0.29, 0.717) is 11.7 Å². The van der Waals surface area contributed by atoms with Crippen molar-refractivity contribution in [1.29, 1.82) is 0 Å². The first-order valence-corrected chi connectivity index (χ1v) is 7.00. The van der Waals surface area contributed by atoms with Crippen LogP contribution in [0, 0.1) is 0 Å². The Hall–Kier alpha value is -2.74. The molecule has 8 heteroatoms. The predicted octanol–water partition coefficient (Wildman–Crippen LogP) is 0.885. The molecule has 1 aromatic heterocycles. The summed E-state index contributed by atoms with van der Waals surface area (Å²) < 4.78 is 9.82. The Bertz CT molecular complexity index is 656. The molecule has 2 rings (SSSR count). The third kappa shape index (κ3) is 4.89. The maximum absolute atomic E-state index is 11.7. The average molecular weight is 319 g/mol. The van der Waals surface area contributed by atoms with E-state index in [2.05, 4.69) is 15.5 Å². The molecular weight excluding hydrogens is 302 g/mol. The Balaban J connectivity index is 1.81. The number of hydrogen-bond donors (Lipinski definition) is 2. The Morgan fingerprint density at radius 3 is 2.74 bits per heavy atom. The molecule has 0 spiro atoms. The van der Waals surface area contributed by atoms with Gasteiger partial charge in [0.05, 0.1) is 6.54 Å². The topological polar surface area (TPSA) is 115 Å². The van der Waals surface area contributed by atoms with Crippen LogP contribution < -0.4 is 5.32 Å². The Labute approximate surface area is 132 Å². The van der Waals surface area contributed by atoms with Gasteiger partial charge in [-0.25, -0.2) is 4.79 Å². The molecule has 0 radical (unpaired) electrons. The van der Waals surface area contributed by atoms with Gasteiger partial charge >= 0.3 is 5.97 Å². The van der Waals surface area contributed by atoms with Crippen molar-refractivity contribution in [3.8, 4) is 11.4 Å². The van der Waals surface area contributed by atoms with E-state index in [4.69, 9.17) is 14.4 Å². The van der Waals surface area contributed by atoms with Crippen LogP contribution in [0.15, 0.2) is 34.9 Å². The van der Waals surface area contributed by atoms with E-state index in [0.717, 1.165) is 5.56 Å². The van der Waals surface area contributed by atoms with Gasteiger partial charge in [0, 0.05) is 25.5 Å². The number of carboxylic acids is 1. The molecule has 8 nitrogen and oxygen atoms in total. The summed E-state index contributed by atoms with van der Waals surface area (Å²) >= 11 is 0. The van der Waals surface area contributed by atoms with Gasteiger partial charge in [0.1, 0.15) is 0 Å². The van der Waals surface area contributed by atoms with Crippen molar-refractivity contribution >= 4 is 11.9 Å². The summed E-state index contributed by atoms with van der Waals surface area (Å²) in [7, 11) is 1.27. The highest BCUT2D eigenvalue weighted by Gasteiger charge is 2.17. The molecule has 1 unspecified atom stereocenters. The highest BCUT2D eigenvalue weighted by molar-refractivity contribution is 5.78. The van der Waals surface area contributed by atoms with E-state index >= 15 is 0 Å². The summed E-state index contributed by atoms with van der Waals surface area (Å²) in [5, 5.41) is 15.1. The lowest BCUT2D eigenvalue weighted by Gasteiger charge is -2.10. The van der Waals surface area contributed by atoms with Crippen molar-refractivity contribution in [2.24, 2.45) is 0 Å². The summed E-state index contributed by atoms with van der Waals surface area (Å²) in [6.45, 7) is -0.0935. The van der Waals surface area contributed by atoms with E-state index in [1.54, 1.807) is 0 Å². The summed E-state index contributed by atoms with van der Waals surface area (Å²) in [5.74, 6) is -0.628. The molecule has 122 valence electrons. The first-order valence-electron chi connectivity index (χ1n) is 7.00. The van der Waals surface area contributed by atoms with Crippen molar-refractivity contribution in [3.05, 3.63) is 36.2 Å². The number of hydrogen-bond acceptors (Lipinski definition) is 6. The van der Waals surface area contributed by atoms with E-state index in [1.165, 1.54) is 7.11 Å². The van der Waals surface area contributed by atoms with Gasteiger partial charge in [0.25, 0.3) is 0 Å². The van der Waals surface area contributed by atoms with Gasteiger partial charge in [-0.15, -0.1) is 0 Å². The molecular formula is C15H17N3O5. The van der Waals surface area contributed by atoms with Gasteiger partial charge in [-0.05, 0) is 0 Å². The zero-order chi connectivity index (χ0) is 16.7. The first kappa shape index (κ1) is 16.6. The number of ether oxygens (including phenoxy) is 1. The molecule has 0 saturated carbocycles. The van der Waals surface area contributed by atoms with Gasteiger partial charge in [-0.3, -0.25) is 4.79 Å². The Morgan fingerprint density at radius 2 is 2.09 bits per heavy atom. The molecule has 0 aliphatic heterocycles. The SMILES string of the molecule is COC(CNC(=O)CCc1nc(-c2ccccc2)no1)C(=O)O. The smallest absolute Gasteiger partial charge is 0.334 e. The van der Waals surface area contributed by atoms with E-state index in [9.17, 15) is 9.59 Å². The minimum Gasteiger partial charge on any atom is -0.479 e. The number of nitrogens with one attached hydrogen (secondary N) is 1. The minimum absolute atomic E-state index is 0.0935. The van der Waals surface area contributed by atoms with Crippen LogP contribution in [0.4, 0.5) is 0 Å². The zero-order valence-electron chi connectivity index (χ0n) is 12.6. The van der Waals surface area contributed by atoms with Gasteiger partial charge in [0.15, 0.2) is 6.10 Å². The van der Waals surface area contributed by atoms with Gasteiger partial charge in [-0.2, -0.15) is 4.98 Å². The van der Waals surface area contributed by atoms with Crippen molar-refractivity contribution in [2.45, 2.75) is 18.9 Å². The van der Waals surface area contributed by atoms with Gasteiger partial charge in [-0.1, -0.05) is 35.5 Å². The lowest BCUT2D eigenvalue weighted by Crippen LogP contribution is -2.37. The molecule has 2 aromatic rings. The Kier molecular flexibility index (Phi) is 5.81. The highest BCUT2D eigenvalue weighted by Crippen LogP contribution is 2.15. The number of aryl methyl sites for hydroxylation is 1. The van der Waals surface area contributed by atoms with Crippen LogP contribution in [0.5, 0.6) is 0 Å². The number of amides is 1. The van der Waals surface area contributed by atoms with E-state index in [-0.39, 0.29) is 25.3 Å². The second kappa shape index (κ2) is 8.04. The third-order valence-electron chi connectivity index (χ3n) is 3.11. The van der Waals surface area contributed by atoms with Crippen molar-refractivity contribution < 1.29 is 24.0 Å². The van der Waals surface area contributed by atoms with Gasteiger partial charge < -0.3 is 19.7 Å². The summed E-state index contributed by atoms with van der Waals surface area (Å²) in [5.41, 5.74) is 0.830. The largest absolute Gasteiger partial charge is 0.479 e. The van der Waals surface area contributed by atoms with Crippen LogP contribution in [0.3, 0.4) is 0 Å². The molecule has 0 saturated heterocycles. The minimum atomic E-state index is -1.13. The number of benzene rings is 1. The number of rotatable bonds is 8. The molecule has 0 bridgehead atoms. The predicted molar refractivity (Wildman–Crippen MR) is 79.5 cm³/mol. The number of carboxylic acid groups (broad SMARTS) is 1. The van der Waals surface area contributed by atoms with Crippen LogP contribution in [0.1, 0.15) is 12.3 Å². The number of carbonyl (C=O) groups is 2. The fraction of sp³-hybridized carbons (Fsp3) is 0.333. The van der Waals surface area contributed by atoms with E-state index < -0.39 is 12.1 Å². The zero-order valence-corrected chi connectivity index (χ0v) is 12.6. The Morgan fingerprint density at radius 1 is 1.35 bits per heavy atom. The maximum Gasteiger partial charge on any atom is 0.334 e. The number of aliphatic carboxylic acids is 1. The van der Waals surface area contributed by atoms with Crippen LogP contribution in [-0.4, -0.2) is 46.9 Å². The third-order valence-corrected chi connectivity index (χ3v) is 3.11. The average Bonchev–Trinajstić information content (AvgIpc) is 3.03. The molecule has 0 fully saturated rings. The number of aromatic nitrogens is 2. The monoisotopic (exact) mass is 319 g/mol. The molecule has 1 amide bonds. The maximum atomic E-state index is 11.7. The quantitative estimate of drug-likeness (QED) is 0.742. The molecule has 0 aliphatic rings. The lowest BCUT2D eigenvalue weighted by atomic mass is 10.2. The van der Waals surface area contributed by atoms with Crippen molar-refractivity contribution in [3.63, 3.8) is 0 Å². The molecule has 1 heterocycles. The molecule has 0 aliphatic carbocycles. The molecule has 2 N–H and O–H groups in total. The second-order valence-electron chi connectivity index (χ2n) is 4.74. The number of methoxy groups -OCH3 is 1. The van der Waals surface area contributed by atoms with Crippen LogP contribution in [0.25, 0.3) is 11.4 Å². The first-order chi connectivity index (χ1) is 11.1. The standard InChI is InChI=1S/C15H17N3O5/c1-22-11(15(20)21)9-16-12(19)7-8-13-17-14(18-23-13)10-5-3-2-4-6-10/h2-6,11H,7-9H2,1H3,(H,16,19)(H,20,21). The number of carbonyl (C=O) groups excluding carboxylic acids is 1. The second-order valence-corrected chi connectivity index (χ2v) is 4.74. The summed E-state index contributed by atoms with van der Waals surface area (Å²) in [6, 6.07) is 9.34. The van der Waals surface area contributed by atoms with E-state index in [1.807, 2.05) is 30.3 Å². The van der Waals surface area contributed by atoms with Gasteiger partial charge in [0.2, 0.25) is 17.6 Å². The van der Waals surface area contributed by atoms with Crippen molar-refractivity contribution in [1.82, 2.24) is 15.5 Å². The lowest BCUT2D eigenvalue weighted by molar-refractivity contribution is -0.148. The van der Waals surface area contributed by atoms with Crippen LogP contribution >= 0.6 is 0 Å². The fourth-order valence-corrected chi connectivity index (χ4v) is 1.85. The summed E-state index contributed by atoms with van der Waals surface area (Å²) in [4.78, 5) is 26.7. The van der Waals surface area contributed by atoms with Crippen LogP contribution in [0.2, 0.25) is 0 Å². The van der Waals surface area contributed by atoms with Crippen LogP contribution in [-0.2, 0) is 20.7 Å².